The van der Waals surface area contributed by atoms with Gasteiger partial charge in [0.15, 0.2) is 11.5 Å². The smallest absolute Gasteiger partial charge is 0.294 e. The quantitative estimate of drug-likeness (QED) is 0.839. The average Bonchev–Trinajstić information content (AvgIpc) is 3.17. The van der Waals surface area contributed by atoms with Crippen molar-refractivity contribution in [2.75, 3.05) is 4.90 Å². The summed E-state index contributed by atoms with van der Waals surface area (Å²) in [6, 6.07) is 8.91. The Hall–Kier alpha value is -2.40. The highest BCUT2D eigenvalue weighted by Crippen LogP contribution is 2.45. The lowest BCUT2D eigenvalue weighted by Gasteiger charge is -2.29. The standard InChI is InChI=1S/C21H23NO3S/c1-12-8-6-9-14(13(12)2)22-17(15-10-7-11-26-15)16(18(23)20(22)25)19(24)21(3,4)5/h6-11,17,23H,1-5H3. The number of hydrogen-bond donors (Lipinski definition) is 1. The molecule has 1 aliphatic rings. The highest BCUT2D eigenvalue weighted by Gasteiger charge is 2.47. The first-order valence-electron chi connectivity index (χ1n) is 8.55. The third kappa shape index (κ3) is 2.86. The topological polar surface area (TPSA) is 57.6 Å². The van der Waals surface area contributed by atoms with Gasteiger partial charge in [-0.2, -0.15) is 0 Å². The molecule has 136 valence electrons. The molecule has 4 nitrogen and oxygen atoms in total. The number of hydrogen-bond acceptors (Lipinski definition) is 4. The van der Waals surface area contributed by atoms with Crippen LogP contribution in [0.1, 0.15) is 42.8 Å². The Morgan fingerprint density at radius 3 is 2.42 bits per heavy atom. The molecule has 2 aromatic rings. The molecule has 1 aromatic heterocycles. The molecule has 1 N–H and O–H groups in total. The van der Waals surface area contributed by atoms with Gasteiger partial charge in [0.2, 0.25) is 0 Å². The summed E-state index contributed by atoms with van der Waals surface area (Å²) in [5.74, 6) is -1.18. The highest BCUT2D eigenvalue weighted by atomic mass is 32.1. The molecule has 0 aliphatic carbocycles. The fraction of sp³-hybridized carbons (Fsp3) is 0.333. The Balaban J connectivity index is 2.22. The van der Waals surface area contributed by atoms with Crippen molar-refractivity contribution < 1.29 is 14.7 Å². The zero-order valence-electron chi connectivity index (χ0n) is 15.7. The van der Waals surface area contributed by atoms with E-state index in [0.717, 1.165) is 21.7 Å². The molecule has 0 spiro atoms. The van der Waals surface area contributed by atoms with Crippen LogP contribution in [0.3, 0.4) is 0 Å². The van der Waals surface area contributed by atoms with Crippen molar-refractivity contribution in [3.8, 4) is 0 Å². The van der Waals surface area contributed by atoms with E-state index in [4.69, 9.17) is 0 Å². The second-order valence-corrected chi connectivity index (χ2v) is 8.63. The Kier molecular flexibility index (Phi) is 4.53. The van der Waals surface area contributed by atoms with Crippen LogP contribution in [0.4, 0.5) is 5.69 Å². The summed E-state index contributed by atoms with van der Waals surface area (Å²) in [5.41, 5.74) is 2.22. The molecule has 2 heterocycles. The summed E-state index contributed by atoms with van der Waals surface area (Å²) >= 11 is 1.47. The van der Waals surface area contributed by atoms with Crippen molar-refractivity contribution in [3.63, 3.8) is 0 Å². The van der Waals surface area contributed by atoms with E-state index in [-0.39, 0.29) is 11.4 Å². The van der Waals surface area contributed by atoms with Crippen molar-refractivity contribution in [1.29, 1.82) is 0 Å². The molecule has 1 atom stereocenters. The predicted octanol–water partition coefficient (Wildman–Crippen LogP) is 4.88. The van der Waals surface area contributed by atoms with E-state index in [0.29, 0.717) is 0 Å². The first-order chi connectivity index (χ1) is 12.1. The molecular formula is C21H23NO3S. The number of Topliss-reactive ketones (excluding diaryl/α,β-unsaturated/α-hetero) is 1. The van der Waals surface area contributed by atoms with E-state index < -0.39 is 23.1 Å². The van der Waals surface area contributed by atoms with Gasteiger partial charge in [-0.25, -0.2) is 0 Å². The minimum absolute atomic E-state index is 0.186. The van der Waals surface area contributed by atoms with Crippen LogP contribution in [-0.4, -0.2) is 16.8 Å². The number of thiophene rings is 1. The first kappa shape index (κ1) is 18.4. The summed E-state index contributed by atoms with van der Waals surface area (Å²) in [7, 11) is 0. The third-order valence-corrected chi connectivity index (χ3v) is 5.71. The third-order valence-electron chi connectivity index (χ3n) is 4.78. The van der Waals surface area contributed by atoms with Crippen molar-refractivity contribution in [2.24, 2.45) is 5.41 Å². The zero-order valence-corrected chi connectivity index (χ0v) is 16.5. The van der Waals surface area contributed by atoms with Gasteiger partial charge in [-0.05, 0) is 42.5 Å². The van der Waals surface area contributed by atoms with E-state index in [1.807, 2.05) is 49.6 Å². The molecule has 0 bridgehead atoms. The minimum Gasteiger partial charge on any atom is -0.503 e. The van der Waals surface area contributed by atoms with Gasteiger partial charge >= 0.3 is 0 Å². The van der Waals surface area contributed by atoms with Gasteiger partial charge < -0.3 is 5.11 Å². The molecule has 1 amide bonds. The van der Waals surface area contributed by atoms with Crippen LogP contribution >= 0.6 is 11.3 Å². The Morgan fingerprint density at radius 1 is 1.15 bits per heavy atom. The molecule has 26 heavy (non-hydrogen) atoms. The summed E-state index contributed by atoms with van der Waals surface area (Å²) in [6.07, 6.45) is 0. The Morgan fingerprint density at radius 2 is 1.85 bits per heavy atom. The maximum atomic E-state index is 13.1. The van der Waals surface area contributed by atoms with E-state index in [1.54, 1.807) is 25.7 Å². The van der Waals surface area contributed by atoms with E-state index in [2.05, 4.69) is 0 Å². The largest absolute Gasteiger partial charge is 0.503 e. The van der Waals surface area contributed by atoms with Crippen LogP contribution in [0.15, 0.2) is 47.0 Å². The number of benzene rings is 1. The van der Waals surface area contributed by atoms with E-state index >= 15 is 0 Å². The molecule has 0 radical (unpaired) electrons. The number of aliphatic hydroxyl groups is 1. The van der Waals surface area contributed by atoms with Crippen LogP contribution in [0.25, 0.3) is 0 Å². The lowest BCUT2D eigenvalue weighted by Crippen LogP contribution is -2.33. The lowest BCUT2D eigenvalue weighted by molar-refractivity contribution is -0.123. The number of carbonyl (C=O) groups excluding carboxylic acids is 2. The summed E-state index contributed by atoms with van der Waals surface area (Å²) in [6.45, 7) is 9.32. The molecule has 0 fully saturated rings. The second-order valence-electron chi connectivity index (χ2n) is 7.65. The number of ketones is 1. The molecule has 1 unspecified atom stereocenters. The molecular weight excluding hydrogens is 346 g/mol. The molecule has 5 heteroatoms. The normalized spacial score (nSPS) is 18.0. The summed E-state index contributed by atoms with van der Waals surface area (Å²) in [4.78, 5) is 28.5. The number of anilines is 1. The average molecular weight is 369 g/mol. The first-order valence-corrected chi connectivity index (χ1v) is 9.43. The molecule has 1 aliphatic heterocycles. The zero-order chi connectivity index (χ0) is 19.2. The van der Waals surface area contributed by atoms with Crippen molar-refractivity contribution in [1.82, 2.24) is 0 Å². The van der Waals surface area contributed by atoms with Crippen LogP contribution in [0.5, 0.6) is 0 Å². The predicted molar refractivity (Wildman–Crippen MR) is 105 cm³/mol. The maximum Gasteiger partial charge on any atom is 0.294 e. The van der Waals surface area contributed by atoms with Crippen molar-refractivity contribution >= 4 is 28.7 Å². The van der Waals surface area contributed by atoms with E-state index in [1.165, 1.54) is 11.3 Å². The van der Waals surface area contributed by atoms with Gasteiger partial charge in [0, 0.05) is 16.0 Å². The van der Waals surface area contributed by atoms with Gasteiger partial charge in [-0.3, -0.25) is 14.5 Å². The van der Waals surface area contributed by atoms with Crippen LogP contribution in [0, 0.1) is 19.3 Å². The molecule has 3 rings (SSSR count). The van der Waals surface area contributed by atoms with Gasteiger partial charge in [0.05, 0.1) is 5.57 Å². The van der Waals surface area contributed by atoms with Crippen molar-refractivity contribution in [2.45, 2.75) is 40.7 Å². The van der Waals surface area contributed by atoms with Crippen LogP contribution < -0.4 is 4.90 Å². The highest BCUT2D eigenvalue weighted by molar-refractivity contribution is 7.10. The minimum atomic E-state index is -0.698. The van der Waals surface area contributed by atoms with Gasteiger partial charge in [-0.1, -0.05) is 39.0 Å². The fourth-order valence-electron chi connectivity index (χ4n) is 3.20. The summed E-state index contributed by atoms with van der Waals surface area (Å²) in [5, 5.41) is 12.5. The second kappa shape index (κ2) is 6.40. The van der Waals surface area contributed by atoms with E-state index in [9.17, 15) is 14.7 Å². The fourth-order valence-corrected chi connectivity index (χ4v) is 4.03. The molecule has 0 saturated heterocycles. The number of carbonyl (C=O) groups is 2. The van der Waals surface area contributed by atoms with Crippen LogP contribution in [-0.2, 0) is 9.59 Å². The van der Waals surface area contributed by atoms with Gasteiger partial charge in [0.1, 0.15) is 6.04 Å². The SMILES string of the molecule is Cc1cccc(N2C(=O)C(O)=C(C(=O)C(C)(C)C)C2c2cccs2)c1C. The maximum absolute atomic E-state index is 13.1. The monoisotopic (exact) mass is 369 g/mol. The molecule has 0 saturated carbocycles. The lowest BCUT2D eigenvalue weighted by atomic mass is 9.83. The Bertz CT molecular complexity index is 904. The Labute approximate surface area is 157 Å². The molecule has 1 aromatic carbocycles. The number of rotatable bonds is 3. The van der Waals surface area contributed by atoms with Gasteiger partial charge in [-0.15, -0.1) is 11.3 Å². The summed E-state index contributed by atoms with van der Waals surface area (Å²) < 4.78 is 0. The number of amides is 1. The number of aliphatic hydroxyl groups excluding tert-OH is 1. The van der Waals surface area contributed by atoms with Gasteiger partial charge in [0.25, 0.3) is 5.91 Å². The number of nitrogens with zero attached hydrogens (tertiary/aromatic N) is 1. The van der Waals surface area contributed by atoms with Crippen LogP contribution in [0.2, 0.25) is 0 Å². The van der Waals surface area contributed by atoms with Crippen molar-refractivity contribution in [3.05, 3.63) is 63.0 Å². The number of aryl methyl sites for hydroxylation is 1.